The van der Waals surface area contributed by atoms with Crippen LogP contribution in [0.2, 0.25) is 0 Å². The summed E-state index contributed by atoms with van der Waals surface area (Å²) in [5.41, 5.74) is -1.79. The van der Waals surface area contributed by atoms with E-state index < -0.39 is 35.3 Å². The fraction of sp³-hybridized carbons (Fsp3) is 0.667. The van der Waals surface area contributed by atoms with E-state index >= 15 is 0 Å². The van der Waals surface area contributed by atoms with Crippen molar-refractivity contribution in [1.29, 1.82) is 0 Å². The highest BCUT2D eigenvalue weighted by atomic mass is 16.6. The first-order valence-electron chi connectivity index (χ1n) is 6.40. The van der Waals surface area contributed by atoms with Crippen LogP contribution in [0, 0.1) is 6.92 Å². The van der Waals surface area contributed by atoms with Gasteiger partial charge in [-0.1, -0.05) is 0 Å². The number of H-pyrrole nitrogens is 1. The van der Waals surface area contributed by atoms with Crippen molar-refractivity contribution in [3.8, 4) is 0 Å². The summed E-state index contributed by atoms with van der Waals surface area (Å²) in [6, 6.07) is 0. The van der Waals surface area contributed by atoms with Crippen LogP contribution in [0.5, 0.6) is 0 Å². The molecule has 0 radical (unpaired) electrons. The Morgan fingerprint density at radius 1 is 1.55 bits per heavy atom. The molecule has 4 atom stereocenters. The van der Waals surface area contributed by atoms with Gasteiger partial charge in [-0.25, -0.2) is 4.79 Å². The molecular formula is C12H16N2O6. The average molecular weight is 284 g/mol. The molecule has 110 valence electrons. The maximum absolute atomic E-state index is 11.9. The molecule has 0 unspecified atom stereocenters. The molecule has 3 heterocycles. The molecule has 0 amide bonds. The van der Waals surface area contributed by atoms with Crippen LogP contribution in [0.4, 0.5) is 0 Å². The molecule has 20 heavy (non-hydrogen) atoms. The predicted octanol–water partition coefficient (Wildman–Crippen LogP) is -1.75. The van der Waals surface area contributed by atoms with Gasteiger partial charge >= 0.3 is 5.69 Å². The normalized spacial score (nSPS) is 36.2. The molecule has 1 spiro atoms. The lowest BCUT2D eigenvalue weighted by Gasteiger charge is -2.44. The number of aromatic nitrogens is 2. The summed E-state index contributed by atoms with van der Waals surface area (Å²) < 4.78 is 12.2. The second kappa shape index (κ2) is 4.52. The van der Waals surface area contributed by atoms with Crippen molar-refractivity contribution in [2.45, 2.75) is 37.4 Å². The fourth-order valence-electron chi connectivity index (χ4n) is 2.79. The lowest BCUT2D eigenvalue weighted by atomic mass is 9.86. The standard InChI is InChI=1S/C12H16N2O6/c1-6-4-14(11(18)13-9(6)17)10-12(2-3-19-12)8(16)7(5-15)20-10/h4,7-8,10,15-16H,2-3,5H2,1H3,(H,13,17,18)/t7-,8-,10-,12-/m1/s1. The van der Waals surface area contributed by atoms with Crippen molar-refractivity contribution in [2.24, 2.45) is 0 Å². The van der Waals surface area contributed by atoms with Gasteiger partial charge < -0.3 is 19.7 Å². The van der Waals surface area contributed by atoms with Crippen LogP contribution in [-0.2, 0) is 9.47 Å². The molecule has 0 aromatic carbocycles. The van der Waals surface area contributed by atoms with Crippen LogP contribution in [0.1, 0.15) is 18.2 Å². The van der Waals surface area contributed by atoms with Crippen molar-refractivity contribution < 1.29 is 19.7 Å². The van der Waals surface area contributed by atoms with Gasteiger partial charge in [-0.15, -0.1) is 0 Å². The van der Waals surface area contributed by atoms with Crippen LogP contribution >= 0.6 is 0 Å². The first kappa shape index (κ1) is 13.5. The largest absolute Gasteiger partial charge is 0.394 e. The lowest BCUT2D eigenvalue weighted by Crippen LogP contribution is -2.57. The summed E-state index contributed by atoms with van der Waals surface area (Å²) in [4.78, 5) is 25.5. The number of nitrogens with zero attached hydrogens (tertiary/aromatic N) is 1. The maximum atomic E-state index is 11.9. The van der Waals surface area contributed by atoms with Crippen LogP contribution in [-0.4, -0.2) is 50.8 Å². The van der Waals surface area contributed by atoms with Crippen molar-refractivity contribution in [3.63, 3.8) is 0 Å². The van der Waals surface area contributed by atoms with Gasteiger partial charge in [-0.3, -0.25) is 14.3 Å². The molecule has 1 aromatic rings. The molecular weight excluding hydrogens is 268 g/mol. The zero-order valence-corrected chi connectivity index (χ0v) is 10.9. The van der Waals surface area contributed by atoms with E-state index in [0.717, 1.165) is 0 Å². The molecule has 0 saturated carbocycles. The monoisotopic (exact) mass is 284 g/mol. The molecule has 2 aliphatic rings. The Morgan fingerprint density at radius 2 is 2.25 bits per heavy atom. The van der Waals surface area contributed by atoms with Gasteiger partial charge in [-0.2, -0.15) is 0 Å². The first-order chi connectivity index (χ1) is 9.49. The minimum atomic E-state index is -1.04. The van der Waals surface area contributed by atoms with E-state index in [2.05, 4.69) is 4.98 Å². The highest BCUT2D eigenvalue weighted by Crippen LogP contribution is 2.47. The number of hydrogen-bond donors (Lipinski definition) is 3. The third kappa shape index (κ3) is 1.69. The number of aromatic amines is 1. The summed E-state index contributed by atoms with van der Waals surface area (Å²) in [6.07, 6.45) is -0.821. The molecule has 8 heteroatoms. The molecule has 3 rings (SSSR count). The number of aliphatic hydroxyl groups excluding tert-OH is 2. The van der Waals surface area contributed by atoms with Gasteiger partial charge in [0.1, 0.15) is 17.8 Å². The summed E-state index contributed by atoms with van der Waals surface area (Å²) >= 11 is 0. The van der Waals surface area contributed by atoms with Gasteiger partial charge in [0, 0.05) is 18.2 Å². The third-order valence-corrected chi connectivity index (χ3v) is 4.02. The van der Waals surface area contributed by atoms with E-state index in [9.17, 15) is 19.8 Å². The zero-order chi connectivity index (χ0) is 14.5. The highest BCUT2D eigenvalue weighted by molar-refractivity contribution is 5.10. The van der Waals surface area contributed by atoms with Gasteiger partial charge in [-0.05, 0) is 6.92 Å². The maximum Gasteiger partial charge on any atom is 0.330 e. The molecule has 0 bridgehead atoms. The van der Waals surface area contributed by atoms with E-state index in [-0.39, 0.29) is 6.61 Å². The lowest BCUT2D eigenvalue weighted by molar-refractivity contribution is -0.227. The van der Waals surface area contributed by atoms with E-state index in [1.807, 2.05) is 0 Å². The summed E-state index contributed by atoms with van der Waals surface area (Å²) in [7, 11) is 0. The summed E-state index contributed by atoms with van der Waals surface area (Å²) in [6.45, 7) is 1.64. The quantitative estimate of drug-likeness (QED) is 0.594. The van der Waals surface area contributed by atoms with Gasteiger partial charge in [0.15, 0.2) is 6.23 Å². The molecule has 2 fully saturated rings. The van der Waals surface area contributed by atoms with Crippen molar-refractivity contribution >= 4 is 0 Å². The second-order valence-corrected chi connectivity index (χ2v) is 5.19. The van der Waals surface area contributed by atoms with Crippen molar-refractivity contribution in [1.82, 2.24) is 9.55 Å². The van der Waals surface area contributed by atoms with Crippen molar-refractivity contribution in [3.05, 3.63) is 32.6 Å². The number of aliphatic hydroxyl groups is 2. The number of rotatable bonds is 2. The average Bonchev–Trinajstić information content (AvgIpc) is 2.66. The Morgan fingerprint density at radius 3 is 2.80 bits per heavy atom. The molecule has 2 saturated heterocycles. The number of ether oxygens (including phenoxy) is 2. The van der Waals surface area contributed by atoms with Gasteiger partial charge in [0.25, 0.3) is 5.56 Å². The van der Waals surface area contributed by atoms with E-state index in [1.165, 1.54) is 10.8 Å². The van der Waals surface area contributed by atoms with Crippen LogP contribution in [0.25, 0.3) is 0 Å². The van der Waals surface area contributed by atoms with Crippen LogP contribution in [0.3, 0.4) is 0 Å². The summed E-state index contributed by atoms with van der Waals surface area (Å²) in [5.74, 6) is 0. The van der Waals surface area contributed by atoms with Gasteiger partial charge in [0.2, 0.25) is 0 Å². The smallest absolute Gasteiger partial charge is 0.330 e. The van der Waals surface area contributed by atoms with E-state index in [1.54, 1.807) is 6.92 Å². The Balaban J connectivity index is 2.07. The number of hydrogen-bond acceptors (Lipinski definition) is 6. The van der Waals surface area contributed by atoms with E-state index in [0.29, 0.717) is 18.6 Å². The molecule has 2 aliphatic heterocycles. The predicted molar refractivity (Wildman–Crippen MR) is 66.4 cm³/mol. The van der Waals surface area contributed by atoms with Crippen LogP contribution in [0.15, 0.2) is 15.8 Å². The Hall–Kier alpha value is -1.48. The fourth-order valence-corrected chi connectivity index (χ4v) is 2.79. The molecule has 0 aliphatic carbocycles. The van der Waals surface area contributed by atoms with E-state index in [4.69, 9.17) is 9.47 Å². The minimum absolute atomic E-state index is 0.351. The number of nitrogens with one attached hydrogen (secondary N) is 1. The van der Waals surface area contributed by atoms with Gasteiger partial charge in [0.05, 0.1) is 13.2 Å². The zero-order valence-electron chi connectivity index (χ0n) is 10.9. The topological polar surface area (TPSA) is 114 Å². The molecule has 1 aromatic heterocycles. The highest BCUT2D eigenvalue weighted by Gasteiger charge is 2.61. The molecule has 8 nitrogen and oxygen atoms in total. The Kier molecular flexibility index (Phi) is 3.05. The van der Waals surface area contributed by atoms with Crippen molar-refractivity contribution in [2.75, 3.05) is 13.2 Å². The van der Waals surface area contributed by atoms with Crippen LogP contribution < -0.4 is 11.2 Å². The Labute approximate surface area is 113 Å². The summed E-state index contributed by atoms with van der Waals surface area (Å²) in [5, 5.41) is 19.4. The SMILES string of the molecule is Cc1cn([C@@H]2O[C@H](CO)[C@@H](O)[C@]23CCO3)c(=O)[nH]c1=O. The molecule has 3 N–H and O–H groups in total. The third-order valence-electron chi connectivity index (χ3n) is 4.02. The second-order valence-electron chi connectivity index (χ2n) is 5.19. The Bertz CT molecular complexity index is 632. The minimum Gasteiger partial charge on any atom is -0.394 e. The number of aryl methyl sites for hydroxylation is 1. The first-order valence-corrected chi connectivity index (χ1v) is 6.40.